The number of hydrogen-bond acceptors (Lipinski definition) is 6. The van der Waals surface area contributed by atoms with Gasteiger partial charge in [0.05, 0.1) is 18.1 Å². The first kappa shape index (κ1) is 21.3. The molecule has 0 bridgehead atoms. The molecule has 0 amide bonds. The summed E-state index contributed by atoms with van der Waals surface area (Å²) in [5.74, 6) is 1.57. The number of furan rings is 1. The summed E-state index contributed by atoms with van der Waals surface area (Å²) < 4.78 is 12.6. The molecule has 2 aromatic rings. The summed E-state index contributed by atoms with van der Waals surface area (Å²) >= 11 is 5.68. The van der Waals surface area contributed by atoms with Crippen LogP contribution in [0.25, 0.3) is 11.1 Å². The summed E-state index contributed by atoms with van der Waals surface area (Å²) in [5.41, 5.74) is -0.157. The smallest absolute Gasteiger partial charge is 0.353 e. The SMILES string of the molecule is O=c1nc2oc(CCCCCCCCCCl)cc2cn1[C@H]1C[C@H](O)[C@@H](CO)O1. The molecule has 1 saturated heterocycles. The Kier molecular flexibility index (Phi) is 7.91. The quantitative estimate of drug-likeness (QED) is 0.434. The fraction of sp³-hybridized carbons (Fsp3) is 0.700. The van der Waals surface area contributed by atoms with Crippen LogP contribution in [0.2, 0.25) is 0 Å². The molecule has 8 heteroatoms. The van der Waals surface area contributed by atoms with Crippen LogP contribution in [-0.2, 0) is 11.2 Å². The first-order chi connectivity index (χ1) is 13.6. The van der Waals surface area contributed by atoms with Crippen LogP contribution in [0.5, 0.6) is 0 Å². The summed E-state index contributed by atoms with van der Waals surface area (Å²) in [6.45, 7) is -0.287. The van der Waals surface area contributed by atoms with Crippen LogP contribution in [-0.4, -0.2) is 44.5 Å². The number of hydrogen-bond donors (Lipinski definition) is 2. The van der Waals surface area contributed by atoms with Crippen molar-refractivity contribution in [2.45, 2.75) is 76.2 Å². The van der Waals surface area contributed by atoms with Crippen LogP contribution in [0, 0.1) is 0 Å². The number of unbranched alkanes of at least 4 members (excludes halogenated alkanes) is 6. The van der Waals surface area contributed by atoms with E-state index in [9.17, 15) is 15.0 Å². The van der Waals surface area contributed by atoms with Gasteiger partial charge in [-0.05, 0) is 18.9 Å². The number of aryl methyl sites for hydroxylation is 1. The van der Waals surface area contributed by atoms with E-state index < -0.39 is 24.1 Å². The third kappa shape index (κ3) is 5.35. The summed E-state index contributed by atoms with van der Waals surface area (Å²) in [7, 11) is 0. The highest BCUT2D eigenvalue weighted by Crippen LogP contribution is 2.28. The van der Waals surface area contributed by atoms with Crippen molar-refractivity contribution in [3.8, 4) is 0 Å². The highest BCUT2D eigenvalue weighted by molar-refractivity contribution is 6.17. The fourth-order valence-electron chi connectivity index (χ4n) is 3.63. The molecule has 2 aromatic heterocycles. The molecule has 1 aliphatic rings. The van der Waals surface area contributed by atoms with Crippen molar-refractivity contribution in [1.82, 2.24) is 9.55 Å². The molecule has 2 N–H and O–H groups in total. The van der Waals surface area contributed by atoms with Gasteiger partial charge in [-0.3, -0.25) is 4.57 Å². The molecule has 0 aromatic carbocycles. The fourth-order valence-corrected chi connectivity index (χ4v) is 3.82. The Hall–Kier alpha value is -1.41. The average molecular weight is 413 g/mol. The van der Waals surface area contributed by atoms with Gasteiger partial charge < -0.3 is 19.4 Å². The zero-order chi connectivity index (χ0) is 19.9. The van der Waals surface area contributed by atoms with Crippen molar-refractivity contribution in [3.63, 3.8) is 0 Å². The molecule has 0 saturated carbocycles. The number of ether oxygens (including phenoxy) is 1. The van der Waals surface area contributed by atoms with Crippen molar-refractivity contribution >= 4 is 22.7 Å². The number of aliphatic hydroxyl groups is 2. The molecule has 0 spiro atoms. The second-order valence-corrected chi connectivity index (χ2v) is 7.81. The van der Waals surface area contributed by atoms with E-state index in [1.807, 2.05) is 6.07 Å². The summed E-state index contributed by atoms with van der Waals surface area (Å²) in [4.78, 5) is 16.3. The number of aromatic nitrogens is 2. The molecule has 1 fully saturated rings. The lowest BCUT2D eigenvalue weighted by Crippen LogP contribution is -2.27. The van der Waals surface area contributed by atoms with Gasteiger partial charge in [-0.2, -0.15) is 4.98 Å². The molecule has 28 heavy (non-hydrogen) atoms. The maximum atomic E-state index is 12.3. The average Bonchev–Trinajstić information content (AvgIpc) is 3.25. The van der Waals surface area contributed by atoms with E-state index in [-0.39, 0.29) is 13.0 Å². The molecule has 156 valence electrons. The number of halogens is 1. The number of alkyl halides is 1. The molecular formula is C20H29ClN2O5. The van der Waals surface area contributed by atoms with Gasteiger partial charge in [-0.1, -0.05) is 32.1 Å². The van der Waals surface area contributed by atoms with Gasteiger partial charge in [-0.15, -0.1) is 11.6 Å². The van der Waals surface area contributed by atoms with E-state index in [2.05, 4.69) is 4.98 Å². The van der Waals surface area contributed by atoms with Crippen molar-refractivity contribution in [2.24, 2.45) is 0 Å². The predicted molar refractivity (Wildman–Crippen MR) is 107 cm³/mol. The van der Waals surface area contributed by atoms with E-state index in [4.69, 9.17) is 20.8 Å². The molecule has 0 aliphatic carbocycles. The Morgan fingerprint density at radius 2 is 1.89 bits per heavy atom. The maximum Gasteiger partial charge on any atom is 0.353 e. The summed E-state index contributed by atoms with van der Waals surface area (Å²) in [6, 6.07) is 1.91. The zero-order valence-electron chi connectivity index (χ0n) is 16.1. The van der Waals surface area contributed by atoms with Gasteiger partial charge in [0, 0.05) is 24.9 Å². The summed E-state index contributed by atoms with van der Waals surface area (Å²) in [5, 5.41) is 19.8. The minimum Gasteiger partial charge on any atom is -0.443 e. The van der Waals surface area contributed by atoms with Gasteiger partial charge in [0.15, 0.2) is 0 Å². The van der Waals surface area contributed by atoms with Crippen LogP contribution < -0.4 is 5.69 Å². The lowest BCUT2D eigenvalue weighted by molar-refractivity contribution is -0.0457. The Bertz CT molecular complexity index is 805. The minimum absolute atomic E-state index is 0.244. The van der Waals surface area contributed by atoms with Gasteiger partial charge in [0.25, 0.3) is 0 Å². The third-order valence-corrected chi connectivity index (χ3v) is 5.51. The van der Waals surface area contributed by atoms with Crippen LogP contribution >= 0.6 is 11.6 Å². The maximum absolute atomic E-state index is 12.3. The minimum atomic E-state index is -0.799. The number of aliphatic hydroxyl groups excluding tert-OH is 2. The van der Waals surface area contributed by atoms with E-state index in [1.165, 1.54) is 30.3 Å². The second-order valence-electron chi connectivity index (χ2n) is 7.43. The Labute approximate surface area is 169 Å². The number of rotatable bonds is 11. The predicted octanol–water partition coefficient (Wildman–Crippen LogP) is 3.14. The largest absolute Gasteiger partial charge is 0.443 e. The second kappa shape index (κ2) is 10.4. The number of nitrogens with zero attached hydrogens (tertiary/aromatic N) is 2. The van der Waals surface area contributed by atoms with E-state index in [0.29, 0.717) is 5.71 Å². The molecule has 3 atom stereocenters. The molecule has 3 heterocycles. The molecule has 0 unspecified atom stereocenters. The standard InChI is InChI=1S/C20H29ClN2O5/c21-9-7-5-3-1-2-4-6-8-15-10-14-12-23(20(26)22-19(14)27-15)18-11-16(25)17(13-24)28-18/h10,12,16-18,24-25H,1-9,11,13H2/t16-,17+,18+/m0/s1. The van der Waals surface area contributed by atoms with Gasteiger partial charge in [0.1, 0.15) is 18.1 Å². The van der Waals surface area contributed by atoms with Gasteiger partial charge in [-0.25, -0.2) is 4.79 Å². The van der Waals surface area contributed by atoms with Gasteiger partial charge >= 0.3 is 5.69 Å². The van der Waals surface area contributed by atoms with Gasteiger partial charge in [0.2, 0.25) is 5.71 Å². The molecule has 1 aliphatic heterocycles. The highest BCUT2D eigenvalue weighted by atomic mass is 35.5. The lowest BCUT2D eigenvalue weighted by atomic mass is 10.1. The lowest BCUT2D eigenvalue weighted by Gasteiger charge is -2.13. The molecule has 0 radical (unpaired) electrons. The third-order valence-electron chi connectivity index (χ3n) is 5.24. The van der Waals surface area contributed by atoms with Crippen molar-refractivity contribution in [3.05, 3.63) is 28.5 Å². The Balaban J connectivity index is 1.55. The van der Waals surface area contributed by atoms with Crippen LogP contribution in [0.4, 0.5) is 0 Å². The van der Waals surface area contributed by atoms with Crippen molar-refractivity contribution < 1.29 is 19.4 Å². The Morgan fingerprint density at radius 1 is 1.18 bits per heavy atom. The molecule has 7 nitrogen and oxygen atoms in total. The topological polar surface area (TPSA) is 97.7 Å². The van der Waals surface area contributed by atoms with E-state index in [1.54, 1.807) is 6.20 Å². The van der Waals surface area contributed by atoms with E-state index in [0.717, 1.165) is 42.7 Å². The Morgan fingerprint density at radius 3 is 2.57 bits per heavy atom. The highest BCUT2D eigenvalue weighted by Gasteiger charge is 2.35. The normalized spacial score (nSPS) is 22.3. The van der Waals surface area contributed by atoms with Crippen LogP contribution in [0.1, 0.15) is 63.4 Å². The first-order valence-corrected chi connectivity index (χ1v) is 10.7. The molecule has 3 rings (SSSR count). The summed E-state index contributed by atoms with van der Waals surface area (Å²) in [6.07, 6.45) is 8.78. The first-order valence-electron chi connectivity index (χ1n) is 10.1. The van der Waals surface area contributed by atoms with E-state index >= 15 is 0 Å². The van der Waals surface area contributed by atoms with Crippen LogP contribution in [0.15, 0.2) is 21.5 Å². The molecular weight excluding hydrogens is 384 g/mol. The van der Waals surface area contributed by atoms with Crippen molar-refractivity contribution in [1.29, 1.82) is 0 Å². The van der Waals surface area contributed by atoms with Crippen molar-refractivity contribution in [2.75, 3.05) is 12.5 Å². The van der Waals surface area contributed by atoms with Crippen LogP contribution in [0.3, 0.4) is 0 Å². The monoisotopic (exact) mass is 412 g/mol. The zero-order valence-corrected chi connectivity index (χ0v) is 16.8. The number of fused-ring (bicyclic) bond motifs is 1.